The molecule has 1 atom stereocenters. The Morgan fingerprint density at radius 1 is 1.22 bits per heavy atom. The van der Waals surface area contributed by atoms with Crippen molar-refractivity contribution >= 4 is 11.4 Å². The Hall–Kier alpha value is -2.51. The van der Waals surface area contributed by atoms with E-state index in [1.807, 2.05) is 30.3 Å². The number of likely N-dealkylation sites (N-methyl/N-ethyl adjacent to an activating group) is 1. The fraction of sp³-hybridized carbons (Fsp3) is 0.316. The first kappa shape index (κ1) is 15.4. The highest BCUT2D eigenvalue weighted by Gasteiger charge is 2.26. The molecule has 0 aromatic heterocycles. The number of benzene rings is 2. The summed E-state index contributed by atoms with van der Waals surface area (Å²) < 4.78 is 0. The molecule has 0 aliphatic carbocycles. The third-order valence-electron chi connectivity index (χ3n) is 4.61. The zero-order valence-electron chi connectivity index (χ0n) is 13.7. The molecular formula is C19H22N4. The van der Waals surface area contributed by atoms with Gasteiger partial charge in [-0.2, -0.15) is 5.26 Å². The minimum absolute atomic E-state index is 0.538. The van der Waals surface area contributed by atoms with E-state index in [1.165, 1.54) is 0 Å². The third kappa shape index (κ3) is 3.01. The largest absolute Gasteiger partial charge is 0.398 e. The van der Waals surface area contributed by atoms with Crippen LogP contribution in [0.3, 0.4) is 0 Å². The van der Waals surface area contributed by atoms with Crippen LogP contribution in [-0.2, 0) is 0 Å². The molecule has 3 rings (SSSR count). The highest BCUT2D eigenvalue weighted by molar-refractivity contribution is 5.84. The summed E-state index contributed by atoms with van der Waals surface area (Å²) >= 11 is 0. The molecular weight excluding hydrogens is 284 g/mol. The van der Waals surface area contributed by atoms with E-state index in [1.54, 1.807) is 0 Å². The SMILES string of the molecule is CN(C)C1CCN(c2cc(N)c(C#N)cc2-c2ccccc2)C1. The highest BCUT2D eigenvalue weighted by Crippen LogP contribution is 2.36. The summed E-state index contributed by atoms with van der Waals surface area (Å²) in [6.45, 7) is 1.99. The van der Waals surface area contributed by atoms with E-state index in [9.17, 15) is 5.26 Å². The number of hydrogen-bond donors (Lipinski definition) is 1. The molecule has 1 heterocycles. The topological polar surface area (TPSA) is 56.3 Å². The van der Waals surface area contributed by atoms with Crippen molar-refractivity contribution in [2.45, 2.75) is 12.5 Å². The summed E-state index contributed by atoms with van der Waals surface area (Å²) in [5.41, 5.74) is 10.5. The molecule has 4 nitrogen and oxygen atoms in total. The lowest BCUT2D eigenvalue weighted by atomic mass is 9.99. The van der Waals surface area contributed by atoms with Crippen molar-refractivity contribution in [3.05, 3.63) is 48.0 Å². The molecule has 2 aromatic rings. The summed E-state index contributed by atoms with van der Waals surface area (Å²) in [6, 6.07) is 16.8. The van der Waals surface area contributed by atoms with Gasteiger partial charge >= 0.3 is 0 Å². The molecule has 1 fully saturated rings. The molecule has 0 amide bonds. The summed E-state index contributed by atoms with van der Waals surface area (Å²) in [7, 11) is 4.25. The third-order valence-corrected chi connectivity index (χ3v) is 4.61. The molecule has 2 N–H and O–H groups in total. The van der Waals surface area contributed by atoms with E-state index in [-0.39, 0.29) is 0 Å². The molecule has 0 radical (unpaired) electrons. The van der Waals surface area contributed by atoms with Crippen molar-refractivity contribution in [2.75, 3.05) is 37.8 Å². The number of hydrogen-bond acceptors (Lipinski definition) is 4. The Balaban J connectivity index is 2.06. The van der Waals surface area contributed by atoms with Gasteiger partial charge < -0.3 is 15.5 Å². The molecule has 4 heteroatoms. The first-order chi connectivity index (χ1) is 11.1. The van der Waals surface area contributed by atoms with Gasteiger partial charge in [0, 0.05) is 30.4 Å². The van der Waals surface area contributed by atoms with Crippen molar-refractivity contribution in [2.24, 2.45) is 0 Å². The van der Waals surface area contributed by atoms with Crippen LogP contribution in [0.1, 0.15) is 12.0 Å². The molecule has 1 unspecified atom stereocenters. The average Bonchev–Trinajstić information content (AvgIpc) is 3.05. The van der Waals surface area contributed by atoms with Gasteiger partial charge in [0.2, 0.25) is 0 Å². The number of nitrogens with zero attached hydrogens (tertiary/aromatic N) is 3. The Bertz CT molecular complexity index is 731. The van der Waals surface area contributed by atoms with Gasteiger partial charge in [0.15, 0.2) is 0 Å². The fourth-order valence-electron chi connectivity index (χ4n) is 3.19. The van der Waals surface area contributed by atoms with Gasteiger partial charge in [0.1, 0.15) is 6.07 Å². The minimum atomic E-state index is 0.538. The van der Waals surface area contributed by atoms with Gasteiger partial charge in [0.25, 0.3) is 0 Å². The first-order valence-corrected chi connectivity index (χ1v) is 7.90. The molecule has 2 aromatic carbocycles. The van der Waals surface area contributed by atoms with Crippen molar-refractivity contribution < 1.29 is 0 Å². The zero-order chi connectivity index (χ0) is 16.4. The van der Waals surface area contributed by atoms with E-state index in [4.69, 9.17) is 5.73 Å². The summed E-state index contributed by atoms with van der Waals surface area (Å²) in [6.07, 6.45) is 1.14. The van der Waals surface area contributed by atoms with E-state index >= 15 is 0 Å². The smallest absolute Gasteiger partial charge is 0.101 e. The Labute approximate surface area is 137 Å². The predicted octanol–water partition coefficient (Wildman–Crippen LogP) is 2.95. The van der Waals surface area contributed by atoms with E-state index in [2.05, 4.69) is 42.1 Å². The van der Waals surface area contributed by atoms with Crippen molar-refractivity contribution in [3.8, 4) is 17.2 Å². The van der Waals surface area contributed by atoms with Crippen LogP contribution in [-0.4, -0.2) is 38.1 Å². The number of rotatable bonds is 3. The summed E-state index contributed by atoms with van der Waals surface area (Å²) in [5.74, 6) is 0. The number of anilines is 2. The quantitative estimate of drug-likeness (QED) is 0.886. The maximum Gasteiger partial charge on any atom is 0.101 e. The van der Waals surface area contributed by atoms with E-state index < -0.39 is 0 Å². The van der Waals surface area contributed by atoms with Crippen molar-refractivity contribution in [1.29, 1.82) is 5.26 Å². The second kappa shape index (κ2) is 6.31. The Morgan fingerprint density at radius 3 is 2.57 bits per heavy atom. The second-order valence-corrected chi connectivity index (χ2v) is 6.29. The standard InChI is InChI=1S/C19H22N4/c1-22(2)16-8-9-23(13-16)19-11-18(21)15(12-20)10-17(19)14-6-4-3-5-7-14/h3-7,10-11,16H,8-9,13,21H2,1-2H3. The van der Waals surface area contributed by atoms with Crippen molar-refractivity contribution in [3.63, 3.8) is 0 Å². The zero-order valence-corrected chi connectivity index (χ0v) is 13.7. The second-order valence-electron chi connectivity index (χ2n) is 6.29. The molecule has 23 heavy (non-hydrogen) atoms. The molecule has 1 saturated heterocycles. The number of nitrogen functional groups attached to an aromatic ring is 1. The highest BCUT2D eigenvalue weighted by atomic mass is 15.2. The predicted molar refractivity (Wildman–Crippen MR) is 95.3 cm³/mol. The lowest BCUT2D eigenvalue weighted by molar-refractivity contribution is 0.315. The van der Waals surface area contributed by atoms with Crippen LogP contribution >= 0.6 is 0 Å². The lowest BCUT2D eigenvalue weighted by Crippen LogP contribution is -2.31. The van der Waals surface area contributed by atoms with E-state index in [0.29, 0.717) is 17.3 Å². The van der Waals surface area contributed by atoms with Crippen LogP contribution in [0.15, 0.2) is 42.5 Å². The maximum atomic E-state index is 9.31. The van der Waals surface area contributed by atoms with Crippen LogP contribution < -0.4 is 10.6 Å². The molecule has 1 aliphatic heterocycles. The van der Waals surface area contributed by atoms with Crippen molar-refractivity contribution in [1.82, 2.24) is 4.90 Å². The van der Waals surface area contributed by atoms with Crippen LogP contribution in [0.2, 0.25) is 0 Å². The lowest BCUT2D eigenvalue weighted by Gasteiger charge is -2.25. The molecule has 0 spiro atoms. The Kier molecular flexibility index (Phi) is 4.22. The van der Waals surface area contributed by atoms with Crippen LogP contribution in [0.25, 0.3) is 11.1 Å². The van der Waals surface area contributed by atoms with E-state index in [0.717, 1.165) is 36.3 Å². The Morgan fingerprint density at radius 2 is 1.96 bits per heavy atom. The van der Waals surface area contributed by atoms with Crippen LogP contribution in [0.4, 0.5) is 11.4 Å². The maximum absolute atomic E-state index is 9.31. The van der Waals surface area contributed by atoms with Gasteiger partial charge in [-0.25, -0.2) is 0 Å². The monoisotopic (exact) mass is 306 g/mol. The summed E-state index contributed by atoms with van der Waals surface area (Å²) in [5, 5.41) is 9.31. The first-order valence-electron chi connectivity index (χ1n) is 7.90. The van der Waals surface area contributed by atoms with Gasteiger partial charge in [0.05, 0.1) is 11.3 Å². The number of nitrogens with two attached hydrogens (primary N) is 1. The van der Waals surface area contributed by atoms with Crippen LogP contribution in [0.5, 0.6) is 0 Å². The fourth-order valence-corrected chi connectivity index (χ4v) is 3.19. The van der Waals surface area contributed by atoms with Gasteiger partial charge in [-0.15, -0.1) is 0 Å². The summed E-state index contributed by atoms with van der Waals surface area (Å²) in [4.78, 5) is 4.65. The normalized spacial score (nSPS) is 17.5. The van der Waals surface area contributed by atoms with Gasteiger partial charge in [-0.3, -0.25) is 0 Å². The number of nitriles is 1. The molecule has 1 aliphatic rings. The average molecular weight is 306 g/mol. The minimum Gasteiger partial charge on any atom is -0.398 e. The van der Waals surface area contributed by atoms with Gasteiger partial charge in [-0.1, -0.05) is 30.3 Å². The molecule has 0 bridgehead atoms. The van der Waals surface area contributed by atoms with Gasteiger partial charge in [-0.05, 0) is 38.2 Å². The van der Waals surface area contributed by atoms with Crippen LogP contribution in [0, 0.1) is 11.3 Å². The molecule has 118 valence electrons. The molecule has 0 saturated carbocycles.